The monoisotopic (exact) mass is 217 g/mol. The Hall–Kier alpha value is -1.57. The van der Waals surface area contributed by atoms with E-state index in [0.29, 0.717) is 0 Å². The summed E-state index contributed by atoms with van der Waals surface area (Å²) < 4.78 is 0. The van der Waals surface area contributed by atoms with Crippen molar-refractivity contribution in [1.82, 2.24) is 5.32 Å². The number of nitrogens with one attached hydrogen (secondary N) is 1. The van der Waals surface area contributed by atoms with Gasteiger partial charge in [0.1, 0.15) is 0 Å². The molecule has 1 rings (SSSR count). The topological polar surface area (TPSA) is 29.1 Å². The van der Waals surface area contributed by atoms with Crippen LogP contribution in [0.15, 0.2) is 30.3 Å². The minimum absolute atomic E-state index is 0.0317. The Morgan fingerprint density at radius 3 is 2.81 bits per heavy atom. The predicted octanol–water partition coefficient (Wildman–Crippen LogP) is 3.25. The molecule has 0 atom stereocenters. The zero-order valence-electron chi connectivity index (χ0n) is 9.99. The lowest BCUT2D eigenvalue weighted by atomic mass is 10.1. The SMILES string of the molecule is CCCC/C=C/c1ccccc1C(=O)NC. The molecule has 2 heteroatoms. The first-order chi connectivity index (χ1) is 7.79. The molecule has 0 unspecified atom stereocenters. The van der Waals surface area contributed by atoms with Gasteiger partial charge in [-0.3, -0.25) is 4.79 Å². The molecule has 2 nitrogen and oxygen atoms in total. The average molecular weight is 217 g/mol. The number of hydrogen-bond donors (Lipinski definition) is 1. The van der Waals surface area contributed by atoms with Crippen molar-refractivity contribution in [3.8, 4) is 0 Å². The second-order valence-corrected chi connectivity index (χ2v) is 3.71. The van der Waals surface area contributed by atoms with Crippen LogP contribution in [0.3, 0.4) is 0 Å². The molecule has 0 aliphatic carbocycles. The van der Waals surface area contributed by atoms with E-state index in [1.807, 2.05) is 30.3 Å². The Morgan fingerprint density at radius 2 is 2.12 bits per heavy atom. The van der Waals surface area contributed by atoms with Gasteiger partial charge in [0.15, 0.2) is 0 Å². The fraction of sp³-hybridized carbons (Fsp3) is 0.357. The van der Waals surface area contributed by atoms with Crippen LogP contribution in [0.2, 0.25) is 0 Å². The van der Waals surface area contributed by atoms with E-state index in [1.165, 1.54) is 12.8 Å². The molecule has 0 aromatic heterocycles. The summed E-state index contributed by atoms with van der Waals surface area (Å²) in [4.78, 5) is 11.6. The van der Waals surface area contributed by atoms with E-state index in [-0.39, 0.29) is 5.91 Å². The Labute approximate surface area is 97.4 Å². The molecule has 86 valence electrons. The number of benzene rings is 1. The molecule has 1 N–H and O–H groups in total. The largest absolute Gasteiger partial charge is 0.355 e. The molecule has 0 saturated heterocycles. The van der Waals surface area contributed by atoms with Gasteiger partial charge in [-0.05, 0) is 18.1 Å². The van der Waals surface area contributed by atoms with Crippen molar-refractivity contribution >= 4 is 12.0 Å². The smallest absolute Gasteiger partial charge is 0.251 e. The van der Waals surface area contributed by atoms with Crippen LogP contribution < -0.4 is 5.32 Å². The third-order valence-electron chi connectivity index (χ3n) is 2.45. The van der Waals surface area contributed by atoms with Crippen molar-refractivity contribution in [3.63, 3.8) is 0 Å². The average Bonchev–Trinajstić information content (AvgIpc) is 2.34. The van der Waals surface area contributed by atoms with Crippen LogP contribution >= 0.6 is 0 Å². The van der Waals surface area contributed by atoms with E-state index in [4.69, 9.17) is 0 Å². The molecule has 0 aliphatic rings. The van der Waals surface area contributed by atoms with Gasteiger partial charge in [0.25, 0.3) is 5.91 Å². The summed E-state index contributed by atoms with van der Waals surface area (Å²) in [5, 5.41) is 2.65. The molecule has 0 spiro atoms. The lowest BCUT2D eigenvalue weighted by molar-refractivity contribution is 0.0963. The molecule has 0 saturated carbocycles. The summed E-state index contributed by atoms with van der Waals surface area (Å²) in [6, 6.07) is 7.64. The van der Waals surface area contributed by atoms with E-state index >= 15 is 0 Å². The molecular formula is C14H19NO. The highest BCUT2D eigenvalue weighted by molar-refractivity contribution is 5.97. The summed E-state index contributed by atoms with van der Waals surface area (Å²) in [6.45, 7) is 2.17. The first kappa shape index (κ1) is 12.5. The normalized spacial score (nSPS) is 10.6. The van der Waals surface area contributed by atoms with Crippen LogP contribution in [0.1, 0.15) is 42.1 Å². The minimum atomic E-state index is -0.0317. The molecule has 1 aromatic carbocycles. The summed E-state index contributed by atoms with van der Waals surface area (Å²) in [7, 11) is 1.65. The first-order valence-corrected chi connectivity index (χ1v) is 5.77. The maximum absolute atomic E-state index is 11.6. The van der Waals surface area contributed by atoms with Gasteiger partial charge < -0.3 is 5.32 Å². The predicted molar refractivity (Wildman–Crippen MR) is 68.4 cm³/mol. The first-order valence-electron chi connectivity index (χ1n) is 5.77. The number of amides is 1. The van der Waals surface area contributed by atoms with Crippen LogP contribution in [0.25, 0.3) is 6.08 Å². The van der Waals surface area contributed by atoms with Crippen molar-refractivity contribution in [2.75, 3.05) is 7.05 Å². The quantitative estimate of drug-likeness (QED) is 0.754. The number of hydrogen-bond acceptors (Lipinski definition) is 1. The maximum atomic E-state index is 11.6. The summed E-state index contributed by atoms with van der Waals surface area (Å²) in [5.41, 5.74) is 1.72. The van der Waals surface area contributed by atoms with Crippen molar-refractivity contribution in [2.45, 2.75) is 26.2 Å². The van der Waals surface area contributed by atoms with Gasteiger partial charge in [-0.25, -0.2) is 0 Å². The van der Waals surface area contributed by atoms with Gasteiger partial charge in [-0.15, -0.1) is 0 Å². The highest BCUT2D eigenvalue weighted by Gasteiger charge is 2.05. The molecule has 0 bridgehead atoms. The van der Waals surface area contributed by atoms with Gasteiger partial charge in [0.2, 0.25) is 0 Å². The van der Waals surface area contributed by atoms with E-state index in [1.54, 1.807) is 7.05 Å². The maximum Gasteiger partial charge on any atom is 0.251 e. The number of carbonyl (C=O) groups excluding carboxylic acids is 1. The van der Waals surface area contributed by atoms with E-state index in [2.05, 4.69) is 18.3 Å². The zero-order valence-corrected chi connectivity index (χ0v) is 9.99. The lowest BCUT2D eigenvalue weighted by Crippen LogP contribution is -2.18. The Kier molecular flexibility index (Phi) is 5.34. The molecule has 0 radical (unpaired) electrons. The molecular weight excluding hydrogens is 198 g/mol. The molecule has 1 amide bonds. The second kappa shape index (κ2) is 6.83. The molecule has 1 aromatic rings. The second-order valence-electron chi connectivity index (χ2n) is 3.71. The summed E-state index contributed by atoms with van der Waals surface area (Å²) in [6.07, 6.45) is 7.62. The molecule has 0 fully saturated rings. The van der Waals surface area contributed by atoms with Gasteiger partial charge in [0.05, 0.1) is 0 Å². The standard InChI is InChI=1S/C14H19NO/c1-3-4-5-6-9-12-10-7-8-11-13(12)14(16)15-2/h6-11H,3-5H2,1-2H3,(H,15,16)/b9-6+. The van der Waals surface area contributed by atoms with E-state index < -0.39 is 0 Å². The van der Waals surface area contributed by atoms with Crippen LogP contribution in [-0.2, 0) is 0 Å². The van der Waals surface area contributed by atoms with Crippen LogP contribution in [0.4, 0.5) is 0 Å². The van der Waals surface area contributed by atoms with Crippen LogP contribution in [0.5, 0.6) is 0 Å². The van der Waals surface area contributed by atoms with Gasteiger partial charge >= 0.3 is 0 Å². The number of unbranched alkanes of at least 4 members (excludes halogenated alkanes) is 2. The summed E-state index contributed by atoms with van der Waals surface area (Å²) >= 11 is 0. The highest BCUT2D eigenvalue weighted by atomic mass is 16.1. The van der Waals surface area contributed by atoms with Gasteiger partial charge in [-0.1, -0.05) is 50.1 Å². The fourth-order valence-electron chi connectivity index (χ4n) is 1.52. The Balaban J connectivity index is 2.78. The van der Waals surface area contributed by atoms with Crippen LogP contribution in [-0.4, -0.2) is 13.0 Å². The Bertz CT molecular complexity index is 369. The zero-order chi connectivity index (χ0) is 11.8. The summed E-state index contributed by atoms with van der Waals surface area (Å²) in [5.74, 6) is -0.0317. The van der Waals surface area contributed by atoms with Crippen molar-refractivity contribution < 1.29 is 4.79 Å². The number of allylic oxidation sites excluding steroid dienone is 1. The highest BCUT2D eigenvalue weighted by Crippen LogP contribution is 2.11. The molecule has 16 heavy (non-hydrogen) atoms. The lowest BCUT2D eigenvalue weighted by Gasteiger charge is -2.03. The van der Waals surface area contributed by atoms with Gasteiger partial charge in [0, 0.05) is 12.6 Å². The number of rotatable bonds is 5. The fourth-order valence-corrected chi connectivity index (χ4v) is 1.52. The third-order valence-corrected chi connectivity index (χ3v) is 2.45. The number of carbonyl (C=O) groups is 1. The third kappa shape index (κ3) is 3.54. The van der Waals surface area contributed by atoms with Crippen molar-refractivity contribution in [3.05, 3.63) is 41.5 Å². The minimum Gasteiger partial charge on any atom is -0.355 e. The van der Waals surface area contributed by atoms with Crippen molar-refractivity contribution in [1.29, 1.82) is 0 Å². The molecule has 0 heterocycles. The van der Waals surface area contributed by atoms with Crippen LogP contribution in [0, 0.1) is 0 Å². The van der Waals surface area contributed by atoms with Gasteiger partial charge in [-0.2, -0.15) is 0 Å². The Morgan fingerprint density at radius 1 is 1.38 bits per heavy atom. The molecule has 0 aliphatic heterocycles. The van der Waals surface area contributed by atoms with E-state index in [0.717, 1.165) is 17.5 Å². The van der Waals surface area contributed by atoms with Crippen molar-refractivity contribution in [2.24, 2.45) is 0 Å². The van der Waals surface area contributed by atoms with E-state index in [9.17, 15) is 4.79 Å².